The minimum absolute atomic E-state index is 0.0451. The van der Waals surface area contributed by atoms with Crippen LogP contribution in [0.15, 0.2) is 29.2 Å². The van der Waals surface area contributed by atoms with Crippen LogP contribution in [0, 0.1) is 6.92 Å². The minimum Gasteiger partial charge on any atom is -0.394 e. The van der Waals surface area contributed by atoms with Crippen LogP contribution in [-0.4, -0.2) is 57.1 Å². The molecule has 9 heteroatoms. The second kappa shape index (κ2) is 11.0. The normalized spacial score (nSPS) is 24.8. The molecule has 2 fully saturated rings. The van der Waals surface area contributed by atoms with Crippen LogP contribution in [0.25, 0.3) is 0 Å². The van der Waals surface area contributed by atoms with Crippen LogP contribution in [0.5, 0.6) is 0 Å². The quantitative estimate of drug-likeness (QED) is 0.700. The maximum Gasteiger partial charge on any atom is 0.261 e. The second-order valence-corrected chi connectivity index (χ2v) is 10.3. The molecular weight excluding hydrogens is 420 g/mol. The molecule has 7 nitrogen and oxygen atoms in total. The van der Waals surface area contributed by atoms with Crippen molar-refractivity contribution in [2.75, 3.05) is 19.8 Å². The van der Waals surface area contributed by atoms with E-state index in [0.717, 1.165) is 18.6 Å². The number of benzene rings is 1. The van der Waals surface area contributed by atoms with Crippen LogP contribution in [0.4, 0.5) is 0 Å². The molecule has 2 heterocycles. The van der Waals surface area contributed by atoms with E-state index in [9.17, 15) is 8.42 Å². The lowest BCUT2D eigenvalue weighted by Crippen LogP contribution is -2.22. The number of hydrogen-bond donors (Lipinski definition) is 1. The first-order valence-electron chi connectivity index (χ1n) is 9.53. The van der Waals surface area contributed by atoms with Crippen LogP contribution in [-0.2, 0) is 28.0 Å². The van der Waals surface area contributed by atoms with E-state index in [4.69, 9.17) is 34.7 Å². The fourth-order valence-corrected chi connectivity index (χ4v) is 3.29. The predicted octanol–water partition coefficient (Wildman–Crippen LogP) is 3.60. The molecular formula is C20H33ClO7S. The van der Waals surface area contributed by atoms with E-state index in [1.165, 1.54) is 12.1 Å². The molecule has 2 atom stereocenters. The van der Waals surface area contributed by atoms with Crippen LogP contribution in [0.3, 0.4) is 0 Å². The van der Waals surface area contributed by atoms with Crippen molar-refractivity contribution in [2.24, 2.45) is 0 Å². The molecule has 1 N–H and O–H groups in total. The molecule has 2 saturated heterocycles. The topological polar surface area (TPSA) is 91.3 Å². The van der Waals surface area contributed by atoms with Gasteiger partial charge < -0.3 is 24.1 Å². The van der Waals surface area contributed by atoms with E-state index >= 15 is 0 Å². The Morgan fingerprint density at radius 2 is 1.45 bits per heavy atom. The Balaban J connectivity index is 0.000000219. The van der Waals surface area contributed by atoms with E-state index in [1.807, 2.05) is 34.6 Å². The Morgan fingerprint density at radius 3 is 1.69 bits per heavy atom. The monoisotopic (exact) mass is 452 g/mol. The summed E-state index contributed by atoms with van der Waals surface area (Å²) in [4.78, 5) is 0.143. The average Bonchev–Trinajstić information content (AvgIpc) is 3.16. The molecule has 3 rings (SSSR count). The largest absolute Gasteiger partial charge is 0.394 e. The summed E-state index contributed by atoms with van der Waals surface area (Å²) in [7, 11) is 1.54. The van der Waals surface area contributed by atoms with Crippen molar-refractivity contribution in [3.63, 3.8) is 0 Å². The molecule has 0 saturated carbocycles. The smallest absolute Gasteiger partial charge is 0.261 e. The van der Waals surface area contributed by atoms with E-state index in [-0.39, 0.29) is 23.4 Å². The molecule has 2 aliphatic heterocycles. The van der Waals surface area contributed by atoms with Crippen molar-refractivity contribution in [1.82, 2.24) is 0 Å². The van der Waals surface area contributed by atoms with Gasteiger partial charge in [-0.05, 0) is 53.2 Å². The molecule has 0 bridgehead atoms. The van der Waals surface area contributed by atoms with Crippen molar-refractivity contribution in [3.05, 3.63) is 29.8 Å². The zero-order valence-electron chi connectivity index (χ0n) is 18.0. The molecule has 0 aromatic heterocycles. The highest BCUT2D eigenvalue weighted by Crippen LogP contribution is 2.23. The van der Waals surface area contributed by atoms with Gasteiger partial charge in [-0.2, -0.15) is 0 Å². The third kappa shape index (κ3) is 10.2. The Hall–Kier alpha value is -0.740. The first kappa shape index (κ1) is 26.3. The summed E-state index contributed by atoms with van der Waals surface area (Å²) in [6.07, 6.45) is 1.24. The van der Waals surface area contributed by atoms with Gasteiger partial charge in [-0.1, -0.05) is 24.6 Å². The second-order valence-electron chi connectivity index (χ2n) is 7.74. The molecule has 29 heavy (non-hydrogen) atoms. The van der Waals surface area contributed by atoms with Gasteiger partial charge in [0.05, 0.1) is 30.8 Å². The van der Waals surface area contributed by atoms with Crippen LogP contribution >= 0.6 is 10.7 Å². The van der Waals surface area contributed by atoms with Crippen molar-refractivity contribution in [3.8, 4) is 0 Å². The zero-order chi connectivity index (χ0) is 22.3. The lowest BCUT2D eigenvalue weighted by molar-refractivity contribution is -0.142. The van der Waals surface area contributed by atoms with Crippen molar-refractivity contribution < 1.29 is 32.5 Å². The highest BCUT2D eigenvalue weighted by atomic mass is 35.7. The Kier molecular flexibility index (Phi) is 10.0. The minimum atomic E-state index is -3.55. The SMILES string of the molecule is CC1(C)OCC(CO)O1.CCC1COC(C)(C)O1.Cc1ccc(S(=O)(=O)Cl)cc1. The number of rotatable bonds is 3. The van der Waals surface area contributed by atoms with Gasteiger partial charge in [-0.15, -0.1) is 0 Å². The molecule has 2 unspecified atom stereocenters. The van der Waals surface area contributed by atoms with Crippen molar-refractivity contribution in [1.29, 1.82) is 0 Å². The van der Waals surface area contributed by atoms with Gasteiger partial charge in [0.1, 0.15) is 6.10 Å². The third-order valence-corrected chi connectivity index (χ3v) is 5.47. The number of aliphatic hydroxyl groups is 1. The van der Waals surface area contributed by atoms with Gasteiger partial charge in [-0.25, -0.2) is 8.42 Å². The molecule has 0 aliphatic carbocycles. The molecule has 1 aromatic rings. The summed E-state index contributed by atoms with van der Waals surface area (Å²) in [5.41, 5.74) is 1.01. The Morgan fingerprint density at radius 1 is 1.00 bits per heavy atom. The molecule has 168 valence electrons. The van der Waals surface area contributed by atoms with Gasteiger partial charge in [0.25, 0.3) is 9.05 Å². The maximum atomic E-state index is 10.7. The lowest BCUT2D eigenvalue weighted by Gasteiger charge is -2.16. The number of aliphatic hydroxyl groups excluding tert-OH is 1. The summed E-state index contributed by atoms with van der Waals surface area (Å²) in [6, 6.07) is 6.37. The molecule has 2 aliphatic rings. The third-order valence-electron chi connectivity index (χ3n) is 4.10. The van der Waals surface area contributed by atoms with E-state index < -0.39 is 14.8 Å². The molecule has 0 amide bonds. The van der Waals surface area contributed by atoms with Crippen molar-refractivity contribution in [2.45, 2.75) is 76.6 Å². The van der Waals surface area contributed by atoms with Gasteiger partial charge in [-0.3, -0.25) is 0 Å². The van der Waals surface area contributed by atoms with E-state index in [2.05, 4.69) is 6.92 Å². The fourth-order valence-electron chi connectivity index (χ4n) is 2.52. The highest BCUT2D eigenvalue weighted by molar-refractivity contribution is 8.13. The van der Waals surface area contributed by atoms with Gasteiger partial charge in [0, 0.05) is 10.7 Å². The first-order valence-corrected chi connectivity index (χ1v) is 11.8. The van der Waals surface area contributed by atoms with Gasteiger partial charge in [0.2, 0.25) is 0 Å². The Labute approximate surface area is 178 Å². The van der Waals surface area contributed by atoms with Crippen molar-refractivity contribution >= 4 is 19.7 Å². The van der Waals surface area contributed by atoms with E-state index in [0.29, 0.717) is 12.7 Å². The van der Waals surface area contributed by atoms with Gasteiger partial charge in [0.15, 0.2) is 11.6 Å². The van der Waals surface area contributed by atoms with Crippen LogP contribution < -0.4 is 0 Å². The zero-order valence-corrected chi connectivity index (χ0v) is 19.5. The van der Waals surface area contributed by atoms with Gasteiger partial charge >= 0.3 is 0 Å². The molecule has 0 spiro atoms. The first-order chi connectivity index (χ1) is 13.3. The Bertz CT molecular complexity index is 691. The van der Waals surface area contributed by atoms with Crippen LogP contribution in [0.2, 0.25) is 0 Å². The average molecular weight is 453 g/mol. The number of halogens is 1. The predicted molar refractivity (Wildman–Crippen MR) is 111 cm³/mol. The summed E-state index contributed by atoms with van der Waals surface area (Å²) in [6.45, 7) is 12.9. The number of hydrogen-bond acceptors (Lipinski definition) is 7. The number of aryl methyl sites for hydroxylation is 1. The lowest BCUT2D eigenvalue weighted by atomic mass is 10.2. The molecule has 0 radical (unpaired) electrons. The summed E-state index contributed by atoms with van der Waals surface area (Å²) in [5.74, 6) is -0.825. The summed E-state index contributed by atoms with van der Waals surface area (Å²) in [5, 5.41) is 8.59. The molecule has 1 aromatic carbocycles. The highest BCUT2D eigenvalue weighted by Gasteiger charge is 2.32. The summed E-state index contributed by atoms with van der Waals surface area (Å²) >= 11 is 0. The maximum absolute atomic E-state index is 10.7. The fraction of sp³-hybridized carbons (Fsp3) is 0.700. The van der Waals surface area contributed by atoms with E-state index in [1.54, 1.807) is 12.1 Å². The number of ether oxygens (including phenoxy) is 4. The standard InChI is InChI=1S/C7H7ClO2S.C7H14O2.C6H12O3/c1-6-2-4-7(5-3-6)11(8,9)10;1-4-6-5-8-7(2,3)9-6;1-6(2)8-4-5(3-7)9-6/h2-5H,1H3;6H,4-5H2,1-3H3;5,7H,3-4H2,1-2H3. The summed E-state index contributed by atoms with van der Waals surface area (Å²) < 4.78 is 42.6. The van der Waals surface area contributed by atoms with Crippen LogP contribution in [0.1, 0.15) is 46.6 Å².